The van der Waals surface area contributed by atoms with Gasteiger partial charge in [0.1, 0.15) is 12.2 Å². The molecule has 0 atom stereocenters. The molecule has 3 aromatic carbocycles. The van der Waals surface area contributed by atoms with Gasteiger partial charge in [-0.1, -0.05) is 12.1 Å². The number of ether oxygens (including phenoxy) is 4. The molecule has 0 radical (unpaired) electrons. The molecule has 198 valence electrons. The topological polar surface area (TPSA) is 147 Å². The Labute approximate surface area is 234 Å². The first-order chi connectivity index (χ1) is 18.7. The van der Waals surface area contributed by atoms with Crippen LogP contribution in [0.25, 0.3) is 6.08 Å². The van der Waals surface area contributed by atoms with Crippen LogP contribution < -0.4 is 29.2 Å². The number of fused-ring (bicyclic) bond motifs is 1. The number of nitrogens with one attached hydrogen (secondary N) is 1. The molecule has 0 unspecified atom stereocenters. The van der Waals surface area contributed by atoms with E-state index in [1.807, 2.05) is 22.6 Å². The van der Waals surface area contributed by atoms with E-state index in [1.54, 1.807) is 30.3 Å². The smallest absolute Gasteiger partial charge is 0.335 e. The molecule has 12 nitrogen and oxygen atoms in total. The maximum absolute atomic E-state index is 13.3. The second kappa shape index (κ2) is 10.6. The van der Waals surface area contributed by atoms with Crippen molar-refractivity contribution in [2.75, 3.05) is 18.8 Å². The highest BCUT2D eigenvalue weighted by Crippen LogP contribution is 2.38. The number of amides is 4. The Hall–Kier alpha value is -4.66. The van der Waals surface area contributed by atoms with Crippen LogP contribution in [0.3, 0.4) is 0 Å². The van der Waals surface area contributed by atoms with E-state index in [2.05, 4.69) is 5.32 Å². The number of barbiturate groups is 1. The van der Waals surface area contributed by atoms with Crippen LogP contribution in [0.15, 0.2) is 60.2 Å². The molecule has 39 heavy (non-hydrogen) atoms. The summed E-state index contributed by atoms with van der Waals surface area (Å²) in [4.78, 5) is 49.9. The highest BCUT2D eigenvalue weighted by atomic mass is 127. The number of halogens is 1. The number of carbonyl (C=O) groups is 3. The Balaban J connectivity index is 1.42. The van der Waals surface area contributed by atoms with Crippen LogP contribution in [0.4, 0.5) is 16.2 Å². The van der Waals surface area contributed by atoms with Crippen molar-refractivity contribution in [3.05, 3.63) is 85.0 Å². The zero-order valence-corrected chi connectivity index (χ0v) is 22.3. The molecule has 4 amide bonds. The lowest BCUT2D eigenvalue weighted by Crippen LogP contribution is -2.54. The fraction of sp³-hybridized carbons (Fsp3) is 0.115. The maximum atomic E-state index is 13.3. The minimum absolute atomic E-state index is 0.0218. The van der Waals surface area contributed by atoms with Gasteiger partial charge in [-0.15, -0.1) is 0 Å². The molecule has 2 aliphatic heterocycles. The van der Waals surface area contributed by atoms with Crippen molar-refractivity contribution in [2.24, 2.45) is 0 Å². The van der Waals surface area contributed by atoms with Gasteiger partial charge in [0.25, 0.3) is 17.5 Å². The summed E-state index contributed by atoms with van der Waals surface area (Å²) in [5.74, 6) is -0.125. The number of anilines is 1. The van der Waals surface area contributed by atoms with E-state index in [-0.39, 0.29) is 30.3 Å². The van der Waals surface area contributed by atoms with Gasteiger partial charge in [-0.2, -0.15) is 0 Å². The van der Waals surface area contributed by atoms with Crippen LogP contribution in [0, 0.1) is 13.7 Å². The summed E-state index contributed by atoms with van der Waals surface area (Å²) in [6.07, 6.45) is 1.35. The fourth-order valence-corrected chi connectivity index (χ4v) is 4.74. The van der Waals surface area contributed by atoms with E-state index >= 15 is 0 Å². The molecular weight excluding hydrogens is 625 g/mol. The lowest BCUT2D eigenvalue weighted by molar-refractivity contribution is -0.384. The zero-order chi connectivity index (χ0) is 27.7. The van der Waals surface area contributed by atoms with E-state index in [0.717, 1.165) is 4.90 Å². The minimum atomic E-state index is -0.891. The number of imide groups is 2. The Morgan fingerprint density at radius 1 is 1.10 bits per heavy atom. The molecule has 1 N–H and O–H groups in total. The van der Waals surface area contributed by atoms with Crippen LogP contribution >= 0.6 is 22.6 Å². The van der Waals surface area contributed by atoms with Crippen molar-refractivity contribution in [1.82, 2.24) is 5.32 Å². The molecule has 1 saturated heterocycles. The predicted molar refractivity (Wildman–Crippen MR) is 145 cm³/mol. The number of carbonyl (C=O) groups excluding carboxylic acids is 3. The Bertz CT molecular complexity index is 1570. The Morgan fingerprint density at radius 2 is 1.90 bits per heavy atom. The lowest BCUT2D eigenvalue weighted by Gasteiger charge is -2.26. The van der Waals surface area contributed by atoms with Gasteiger partial charge in [0, 0.05) is 18.2 Å². The summed E-state index contributed by atoms with van der Waals surface area (Å²) in [7, 11) is 1.43. The Morgan fingerprint density at radius 3 is 2.67 bits per heavy atom. The third-order valence-corrected chi connectivity index (χ3v) is 6.58. The summed E-state index contributed by atoms with van der Waals surface area (Å²) in [6, 6.07) is 13.0. The molecular formula is C26H18IN3O9. The molecule has 5 rings (SSSR count). The number of nitrogens with zero attached hydrogens (tertiary/aromatic N) is 2. The largest absolute Gasteiger partial charge is 0.493 e. The number of hydrogen-bond acceptors (Lipinski definition) is 9. The van der Waals surface area contributed by atoms with E-state index in [0.29, 0.717) is 37.7 Å². The molecule has 0 bridgehead atoms. The molecule has 13 heteroatoms. The van der Waals surface area contributed by atoms with Crippen LogP contribution in [0.2, 0.25) is 0 Å². The summed E-state index contributed by atoms with van der Waals surface area (Å²) in [6.45, 7) is 0.0655. The van der Waals surface area contributed by atoms with Crippen molar-refractivity contribution in [2.45, 2.75) is 6.61 Å². The number of hydrogen-bond donors (Lipinski definition) is 1. The normalized spacial score (nSPS) is 15.4. The van der Waals surface area contributed by atoms with E-state index in [4.69, 9.17) is 18.9 Å². The average molecular weight is 643 g/mol. The number of non-ortho nitro benzene ring substituents is 1. The van der Waals surface area contributed by atoms with Crippen LogP contribution in [0.1, 0.15) is 11.1 Å². The highest BCUT2D eigenvalue weighted by molar-refractivity contribution is 14.1. The van der Waals surface area contributed by atoms with Gasteiger partial charge in [0.05, 0.1) is 21.3 Å². The van der Waals surface area contributed by atoms with Gasteiger partial charge in [0.15, 0.2) is 23.0 Å². The van der Waals surface area contributed by atoms with Gasteiger partial charge >= 0.3 is 6.03 Å². The van der Waals surface area contributed by atoms with Gasteiger partial charge in [-0.05, 0) is 64.1 Å². The summed E-state index contributed by atoms with van der Waals surface area (Å²) in [5.41, 5.74) is 0.916. The van der Waals surface area contributed by atoms with E-state index < -0.39 is 22.8 Å². The molecule has 0 spiro atoms. The Kier molecular flexibility index (Phi) is 7.06. The van der Waals surface area contributed by atoms with Crippen LogP contribution in [0.5, 0.6) is 23.0 Å². The predicted octanol–water partition coefficient (Wildman–Crippen LogP) is 4.18. The average Bonchev–Trinajstić information content (AvgIpc) is 3.38. The number of urea groups is 1. The highest BCUT2D eigenvalue weighted by Gasteiger charge is 2.37. The molecule has 3 aromatic rings. The number of benzene rings is 3. The maximum Gasteiger partial charge on any atom is 0.335 e. The molecule has 0 saturated carbocycles. The standard InChI is InChI=1S/C26H18IN3O9/c1-36-22-10-15(9-19(27)23(22)37-12-14-3-2-4-17(7-14)30(34)35)8-18-24(31)28-26(33)29(25(18)32)16-5-6-20-21(11-16)39-13-38-20/h2-11H,12-13H2,1H3,(H,28,31,33)/b18-8+. The molecule has 0 aromatic heterocycles. The molecule has 1 fully saturated rings. The third kappa shape index (κ3) is 5.20. The molecule has 2 heterocycles. The van der Waals surface area contributed by atoms with Crippen LogP contribution in [-0.4, -0.2) is 36.7 Å². The number of methoxy groups -OCH3 is 1. The fourth-order valence-electron chi connectivity index (χ4n) is 3.96. The monoisotopic (exact) mass is 643 g/mol. The zero-order valence-electron chi connectivity index (χ0n) is 20.1. The van der Waals surface area contributed by atoms with Crippen molar-refractivity contribution in [3.8, 4) is 23.0 Å². The van der Waals surface area contributed by atoms with Crippen molar-refractivity contribution in [3.63, 3.8) is 0 Å². The lowest BCUT2D eigenvalue weighted by atomic mass is 10.1. The summed E-state index contributed by atoms with van der Waals surface area (Å²) >= 11 is 2.01. The second-order valence-corrected chi connectivity index (χ2v) is 9.41. The van der Waals surface area contributed by atoms with Crippen molar-refractivity contribution < 1.29 is 38.3 Å². The van der Waals surface area contributed by atoms with Gasteiger partial charge < -0.3 is 18.9 Å². The van der Waals surface area contributed by atoms with Crippen molar-refractivity contribution >= 4 is 57.9 Å². The number of nitro groups is 1. The van der Waals surface area contributed by atoms with Gasteiger partial charge in [0.2, 0.25) is 6.79 Å². The molecule has 0 aliphatic carbocycles. The third-order valence-electron chi connectivity index (χ3n) is 5.78. The first-order valence-electron chi connectivity index (χ1n) is 11.3. The van der Waals surface area contributed by atoms with Gasteiger partial charge in [-0.25, -0.2) is 9.69 Å². The van der Waals surface area contributed by atoms with Crippen molar-refractivity contribution in [1.29, 1.82) is 0 Å². The first kappa shape index (κ1) is 26.0. The first-order valence-corrected chi connectivity index (χ1v) is 12.4. The summed E-state index contributed by atoms with van der Waals surface area (Å²) < 4.78 is 22.6. The van der Waals surface area contributed by atoms with Crippen LogP contribution in [-0.2, 0) is 16.2 Å². The van der Waals surface area contributed by atoms with E-state index in [1.165, 1.54) is 37.5 Å². The summed E-state index contributed by atoms with van der Waals surface area (Å²) in [5, 5.41) is 13.2. The molecule has 2 aliphatic rings. The second-order valence-electron chi connectivity index (χ2n) is 8.25. The SMILES string of the molecule is COc1cc(/C=C2\C(=O)NC(=O)N(c3ccc4c(c3)OCO4)C2=O)cc(I)c1OCc1cccc([N+](=O)[O-])c1. The minimum Gasteiger partial charge on any atom is -0.493 e. The van der Waals surface area contributed by atoms with Gasteiger partial charge in [-0.3, -0.25) is 25.0 Å². The van der Waals surface area contributed by atoms with E-state index in [9.17, 15) is 24.5 Å². The number of nitro benzene ring substituents is 1. The quantitative estimate of drug-likeness (QED) is 0.132. The number of rotatable bonds is 7.